The van der Waals surface area contributed by atoms with Crippen molar-refractivity contribution >= 4 is 11.4 Å². The molecule has 0 amide bonds. The van der Waals surface area contributed by atoms with Gasteiger partial charge in [0, 0.05) is 36.9 Å². The first-order valence-corrected chi connectivity index (χ1v) is 7.17. The fourth-order valence-electron chi connectivity index (χ4n) is 2.63. The number of aromatic nitrogens is 2. The molecule has 1 aliphatic rings. The van der Waals surface area contributed by atoms with Gasteiger partial charge in [0.05, 0.1) is 18.4 Å². The lowest BCUT2D eigenvalue weighted by Gasteiger charge is -2.19. The molecule has 1 saturated heterocycles. The second-order valence-electron chi connectivity index (χ2n) is 5.24. The molecule has 1 aromatic carbocycles. The van der Waals surface area contributed by atoms with Gasteiger partial charge < -0.3 is 10.2 Å². The minimum Gasteiger partial charge on any atom is -0.379 e. The van der Waals surface area contributed by atoms with Crippen molar-refractivity contribution in [2.75, 3.05) is 23.3 Å². The van der Waals surface area contributed by atoms with Crippen LogP contribution in [-0.2, 0) is 6.54 Å². The van der Waals surface area contributed by atoms with Gasteiger partial charge in [-0.05, 0) is 43.5 Å². The molecule has 20 heavy (non-hydrogen) atoms. The van der Waals surface area contributed by atoms with E-state index in [0.717, 1.165) is 5.69 Å². The summed E-state index contributed by atoms with van der Waals surface area (Å²) in [6.07, 6.45) is 7.83. The third-order valence-corrected chi connectivity index (χ3v) is 3.76. The number of rotatable bonds is 4. The number of anilines is 2. The van der Waals surface area contributed by atoms with Crippen LogP contribution >= 0.6 is 0 Å². The Labute approximate surface area is 119 Å². The summed E-state index contributed by atoms with van der Waals surface area (Å²) >= 11 is 0. The second-order valence-corrected chi connectivity index (χ2v) is 5.24. The van der Waals surface area contributed by atoms with E-state index >= 15 is 0 Å². The molecule has 0 bridgehead atoms. The zero-order valence-corrected chi connectivity index (χ0v) is 11.8. The summed E-state index contributed by atoms with van der Waals surface area (Å²) < 4.78 is 0. The van der Waals surface area contributed by atoms with Gasteiger partial charge in [-0.15, -0.1) is 0 Å². The molecule has 2 heterocycles. The van der Waals surface area contributed by atoms with Crippen LogP contribution in [0.5, 0.6) is 0 Å². The maximum Gasteiger partial charge on any atom is 0.0777 e. The fraction of sp³-hybridized carbons (Fsp3) is 0.375. The predicted octanol–water partition coefficient (Wildman–Crippen LogP) is 3.00. The van der Waals surface area contributed by atoms with Gasteiger partial charge in [0.15, 0.2) is 0 Å². The van der Waals surface area contributed by atoms with Gasteiger partial charge in [0.1, 0.15) is 0 Å². The maximum absolute atomic E-state index is 4.27. The summed E-state index contributed by atoms with van der Waals surface area (Å²) in [7, 11) is 0. The Morgan fingerprint density at radius 2 is 2.05 bits per heavy atom. The average Bonchev–Trinajstić information content (AvgIpc) is 3.01. The fourth-order valence-corrected chi connectivity index (χ4v) is 2.63. The van der Waals surface area contributed by atoms with E-state index in [1.807, 2.05) is 0 Å². The Hall–Kier alpha value is -2.10. The Kier molecular flexibility index (Phi) is 3.81. The predicted molar refractivity (Wildman–Crippen MR) is 82.0 cm³/mol. The Bertz CT molecular complexity index is 562. The Morgan fingerprint density at radius 3 is 2.75 bits per heavy atom. The summed E-state index contributed by atoms with van der Waals surface area (Å²) in [5.74, 6) is 0. The van der Waals surface area contributed by atoms with Gasteiger partial charge in [-0.2, -0.15) is 0 Å². The van der Waals surface area contributed by atoms with Gasteiger partial charge >= 0.3 is 0 Å². The van der Waals surface area contributed by atoms with Crippen molar-refractivity contribution in [2.24, 2.45) is 0 Å². The molecule has 1 fully saturated rings. The molecule has 0 saturated carbocycles. The van der Waals surface area contributed by atoms with E-state index in [9.17, 15) is 0 Å². The molecule has 0 radical (unpaired) electrons. The van der Waals surface area contributed by atoms with Crippen LogP contribution in [0.15, 0.2) is 36.8 Å². The van der Waals surface area contributed by atoms with Crippen LogP contribution in [0.1, 0.15) is 24.1 Å². The van der Waals surface area contributed by atoms with Crippen LogP contribution in [0.4, 0.5) is 11.4 Å². The third-order valence-electron chi connectivity index (χ3n) is 3.76. The van der Waals surface area contributed by atoms with Crippen LogP contribution in [0.25, 0.3) is 0 Å². The highest BCUT2D eigenvalue weighted by molar-refractivity contribution is 5.60. The number of hydrogen-bond acceptors (Lipinski definition) is 4. The normalized spacial score (nSPS) is 14.6. The molecule has 0 unspecified atom stereocenters. The van der Waals surface area contributed by atoms with Crippen LogP contribution in [0.2, 0.25) is 0 Å². The molecule has 4 nitrogen and oxygen atoms in total. The Morgan fingerprint density at radius 1 is 1.20 bits per heavy atom. The van der Waals surface area contributed by atoms with Crippen molar-refractivity contribution in [1.29, 1.82) is 0 Å². The molecule has 1 aliphatic heterocycles. The topological polar surface area (TPSA) is 41.0 Å². The van der Waals surface area contributed by atoms with Gasteiger partial charge in [-0.25, -0.2) is 0 Å². The van der Waals surface area contributed by atoms with E-state index in [0.29, 0.717) is 6.54 Å². The Balaban J connectivity index is 1.68. The minimum atomic E-state index is 0.706. The molecule has 2 aromatic rings. The molecule has 1 N–H and O–H groups in total. The SMILES string of the molecule is Cc1cc(N2CCCC2)ccc1NCc1cnccn1. The highest BCUT2D eigenvalue weighted by atomic mass is 15.1. The number of aryl methyl sites for hydroxylation is 1. The molecule has 0 aliphatic carbocycles. The van der Waals surface area contributed by atoms with Crippen LogP contribution in [0.3, 0.4) is 0 Å². The molecular weight excluding hydrogens is 248 g/mol. The van der Waals surface area contributed by atoms with E-state index < -0.39 is 0 Å². The second kappa shape index (κ2) is 5.90. The standard InChI is InChI=1S/C16H20N4/c1-13-10-15(20-8-2-3-9-20)4-5-16(13)19-12-14-11-17-6-7-18-14/h4-7,10-11,19H,2-3,8-9,12H2,1H3. The van der Waals surface area contributed by atoms with Crippen LogP contribution in [0, 0.1) is 6.92 Å². The monoisotopic (exact) mass is 268 g/mol. The first-order chi connectivity index (χ1) is 9.83. The van der Waals surface area contributed by atoms with Gasteiger partial charge in [-0.1, -0.05) is 0 Å². The molecule has 3 rings (SSSR count). The number of nitrogens with one attached hydrogen (secondary N) is 1. The zero-order valence-electron chi connectivity index (χ0n) is 11.8. The van der Waals surface area contributed by atoms with Gasteiger partial charge in [0.25, 0.3) is 0 Å². The number of nitrogens with zero attached hydrogens (tertiary/aromatic N) is 3. The number of hydrogen-bond donors (Lipinski definition) is 1. The van der Waals surface area contributed by atoms with E-state index in [2.05, 4.69) is 45.3 Å². The largest absolute Gasteiger partial charge is 0.379 e. The van der Waals surface area contributed by atoms with Crippen molar-refractivity contribution in [3.63, 3.8) is 0 Å². The summed E-state index contributed by atoms with van der Waals surface area (Å²) in [5.41, 5.74) is 4.73. The summed E-state index contributed by atoms with van der Waals surface area (Å²) in [4.78, 5) is 10.8. The van der Waals surface area contributed by atoms with E-state index in [-0.39, 0.29) is 0 Å². The minimum absolute atomic E-state index is 0.706. The first kappa shape index (κ1) is 12.9. The summed E-state index contributed by atoms with van der Waals surface area (Å²) in [6, 6.07) is 6.64. The average molecular weight is 268 g/mol. The van der Waals surface area contributed by atoms with Crippen molar-refractivity contribution in [3.8, 4) is 0 Å². The molecule has 4 heteroatoms. The zero-order chi connectivity index (χ0) is 13.8. The molecular formula is C16H20N4. The van der Waals surface area contributed by atoms with E-state index in [1.54, 1.807) is 18.6 Å². The van der Waals surface area contributed by atoms with Gasteiger partial charge in [-0.3, -0.25) is 9.97 Å². The summed E-state index contributed by atoms with van der Waals surface area (Å²) in [5, 5.41) is 3.43. The molecule has 1 aromatic heterocycles. The summed E-state index contributed by atoms with van der Waals surface area (Å²) in [6.45, 7) is 5.23. The van der Waals surface area contributed by atoms with Crippen molar-refractivity contribution in [1.82, 2.24) is 9.97 Å². The van der Waals surface area contributed by atoms with Crippen LogP contribution < -0.4 is 10.2 Å². The maximum atomic E-state index is 4.27. The van der Waals surface area contributed by atoms with Crippen molar-refractivity contribution < 1.29 is 0 Å². The van der Waals surface area contributed by atoms with Gasteiger partial charge in [0.2, 0.25) is 0 Å². The highest BCUT2D eigenvalue weighted by Gasteiger charge is 2.12. The van der Waals surface area contributed by atoms with E-state index in [4.69, 9.17) is 0 Å². The lowest BCUT2D eigenvalue weighted by atomic mass is 10.1. The lowest BCUT2D eigenvalue weighted by molar-refractivity contribution is 0.949. The smallest absolute Gasteiger partial charge is 0.0777 e. The van der Waals surface area contributed by atoms with Crippen LogP contribution in [-0.4, -0.2) is 23.1 Å². The lowest BCUT2D eigenvalue weighted by Crippen LogP contribution is -2.17. The molecule has 0 spiro atoms. The third kappa shape index (κ3) is 2.90. The quantitative estimate of drug-likeness (QED) is 0.925. The molecule has 104 valence electrons. The molecule has 0 atom stereocenters. The van der Waals surface area contributed by atoms with Crippen molar-refractivity contribution in [3.05, 3.63) is 48.0 Å². The van der Waals surface area contributed by atoms with Crippen molar-refractivity contribution in [2.45, 2.75) is 26.3 Å². The van der Waals surface area contributed by atoms with E-state index in [1.165, 1.54) is 42.9 Å². The first-order valence-electron chi connectivity index (χ1n) is 7.17. The highest BCUT2D eigenvalue weighted by Crippen LogP contribution is 2.25. The number of benzene rings is 1.